The van der Waals surface area contributed by atoms with Gasteiger partial charge >= 0.3 is 5.97 Å². The molecule has 0 aliphatic heterocycles. The predicted octanol–water partition coefficient (Wildman–Crippen LogP) is 4.79. The molecular formula is C24H26N2O4S. The van der Waals surface area contributed by atoms with Gasteiger partial charge in [-0.1, -0.05) is 30.4 Å². The Bertz CT molecular complexity index is 1060. The standard InChI is InChI=1S/C24H26N2O4S/c1-14-8-2-6-12-18(14)25-22(28)20-17-11-5-7-13-19(17)31-23(20)26-21(27)15-9-3-4-10-16(15)24(29)30/h2-4,6,8,12,15-16H,5,7,9-11,13H2,1H3,(H,25,28)(H,26,27)(H,29,30)/t15-,16-/m1/s1. The van der Waals surface area contributed by atoms with E-state index in [4.69, 9.17) is 0 Å². The number of carboxylic acids is 1. The number of hydrogen-bond donors (Lipinski definition) is 3. The number of benzene rings is 1. The van der Waals surface area contributed by atoms with E-state index in [1.165, 1.54) is 11.3 Å². The average Bonchev–Trinajstić information content (AvgIpc) is 3.13. The van der Waals surface area contributed by atoms with Crippen molar-refractivity contribution in [3.05, 3.63) is 58.0 Å². The summed E-state index contributed by atoms with van der Waals surface area (Å²) in [4.78, 5) is 39.1. The van der Waals surface area contributed by atoms with Crippen molar-refractivity contribution in [2.45, 2.75) is 45.4 Å². The number of hydrogen-bond acceptors (Lipinski definition) is 4. The molecule has 0 unspecified atom stereocenters. The van der Waals surface area contributed by atoms with Crippen LogP contribution in [0.1, 0.15) is 52.0 Å². The number of aryl methyl sites for hydroxylation is 2. The van der Waals surface area contributed by atoms with Crippen LogP contribution in [-0.4, -0.2) is 22.9 Å². The fourth-order valence-electron chi connectivity index (χ4n) is 4.37. The molecule has 0 radical (unpaired) electrons. The summed E-state index contributed by atoms with van der Waals surface area (Å²) in [5, 5.41) is 16.0. The van der Waals surface area contributed by atoms with Gasteiger partial charge in [0.15, 0.2) is 0 Å². The van der Waals surface area contributed by atoms with Gasteiger partial charge in [0.05, 0.1) is 17.4 Å². The summed E-state index contributed by atoms with van der Waals surface area (Å²) < 4.78 is 0. The molecule has 4 rings (SSSR count). The van der Waals surface area contributed by atoms with E-state index in [-0.39, 0.29) is 11.8 Å². The molecule has 1 aromatic carbocycles. The van der Waals surface area contributed by atoms with Crippen LogP contribution in [0.2, 0.25) is 0 Å². The number of carbonyl (C=O) groups is 3. The molecule has 2 aliphatic rings. The van der Waals surface area contributed by atoms with Crippen LogP contribution in [0.3, 0.4) is 0 Å². The molecule has 0 saturated heterocycles. The normalized spacial score (nSPS) is 20.0. The van der Waals surface area contributed by atoms with Gasteiger partial charge in [0.1, 0.15) is 5.00 Å². The maximum Gasteiger partial charge on any atom is 0.307 e. The molecule has 2 aromatic rings. The topological polar surface area (TPSA) is 95.5 Å². The number of carboxylic acid groups (broad SMARTS) is 1. The van der Waals surface area contributed by atoms with E-state index in [1.54, 1.807) is 0 Å². The largest absolute Gasteiger partial charge is 0.481 e. The van der Waals surface area contributed by atoms with Crippen LogP contribution in [0, 0.1) is 18.8 Å². The van der Waals surface area contributed by atoms with Crippen LogP contribution in [0.25, 0.3) is 0 Å². The number of nitrogens with one attached hydrogen (secondary N) is 2. The van der Waals surface area contributed by atoms with Gasteiger partial charge in [0, 0.05) is 10.6 Å². The maximum atomic E-state index is 13.3. The van der Waals surface area contributed by atoms with Gasteiger partial charge < -0.3 is 15.7 Å². The first kappa shape index (κ1) is 21.3. The number of fused-ring (bicyclic) bond motifs is 1. The minimum Gasteiger partial charge on any atom is -0.481 e. The number of thiophene rings is 1. The first-order valence-electron chi connectivity index (χ1n) is 10.7. The summed E-state index contributed by atoms with van der Waals surface area (Å²) in [5.74, 6) is -2.92. The Labute approximate surface area is 185 Å². The molecule has 7 heteroatoms. The van der Waals surface area contributed by atoms with Crippen LogP contribution in [0.5, 0.6) is 0 Å². The van der Waals surface area contributed by atoms with Crippen molar-refractivity contribution >= 4 is 39.8 Å². The number of aliphatic carboxylic acids is 1. The molecule has 31 heavy (non-hydrogen) atoms. The lowest BCUT2D eigenvalue weighted by atomic mass is 9.82. The summed E-state index contributed by atoms with van der Waals surface area (Å²) in [6.07, 6.45) is 8.17. The second-order valence-corrected chi connectivity index (χ2v) is 9.27. The van der Waals surface area contributed by atoms with Gasteiger partial charge in [-0.3, -0.25) is 14.4 Å². The van der Waals surface area contributed by atoms with Crippen molar-refractivity contribution in [1.29, 1.82) is 0 Å². The Morgan fingerprint density at radius 1 is 1.00 bits per heavy atom. The molecule has 6 nitrogen and oxygen atoms in total. The zero-order chi connectivity index (χ0) is 22.0. The summed E-state index contributed by atoms with van der Waals surface area (Å²) in [6.45, 7) is 1.93. The van der Waals surface area contributed by atoms with E-state index in [0.29, 0.717) is 23.4 Å². The van der Waals surface area contributed by atoms with Gasteiger partial charge in [-0.2, -0.15) is 0 Å². The van der Waals surface area contributed by atoms with E-state index in [2.05, 4.69) is 10.6 Å². The second kappa shape index (κ2) is 9.06. The van der Waals surface area contributed by atoms with Crippen LogP contribution in [-0.2, 0) is 22.4 Å². The van der Waals surface area contributed by atoms with Gasteiger partial charge in [0.25, 0.3) is 5.91 Å². The van der Waals surface area contributed by atoms with Crippen molar-refractivity contribution < 1.29 is 19.5 Å². The Morgan fingerprint density at radius 3 is 2.45 bits per heavy atom. The Hall–Kier alpha value is -2.93. The lowest BCUT2D eigenvalue weighted by molar-refractivity contribution is -0.146. The van der Waals surface area contributed by atoms with Gasteiger partial charge in [0.2, 0.25) is 5.91 Å². The number of anilines is 2. The highest BCUT2D eigenvalue weighted by molar-refractivity contribution is 7.17. The number of para-hydroxylation sites is 1. The predicted molar refractivity (Wildman–Crippen MR) is 122 cm³/mol. The van der Waals surface area contributed by atoms with Gasteiger partial charge in [-0.05, 0) is 62.6 Å². The number of rotatable bonds is 5. The van der Waals surface area contributed by atoms with Crippen LogP contribution in [0.4, 0.5) is 10.7 Å². The molecule has 0 fully saturated rings. The van der Waals surface area contributed by atoms with Gasteiger partial charge in [-0.15, -0.1) is 11.3 Å². The number of carbonyl (C=O) groups excluding carboxylic acids is 2. The van der Waals surface area contributed by atoms with E-state index < -0.39 is 17.8 Å². The van der Waals surface area contributed by atoms with Crippen molar-refractivity contribution in [2.24, 2.45) is 11.8 Å². The summed E-state index contributed by atoms with van der Waals surface area (Å²) >= 11 is 1.45. The van der Waals surface area contributed by atoms with E-state index in [9.17, 15) is 19.5 Å². The van der Waals surface area contributed by atoms with Crippen molar-refractivity contribution in [1.82, 2.24) is 0 Å². The van der Waals surface area contributed by atoms with Gasteiger partial charge in [-0.25, -0.2) is 0 Å². The molecule has 0 spiro atoms. The van der Waals surface area contributed by atoms with Crippen molar-refractivity contribution in [3.63, 3.8) is 0 Å². The third kappa shape index (κ3) is 4.42. The Kier molecular flexibility index (Phi) is 6.23. The first-order chi connectivity index (χ1) is 15.0. The molecule has 0 bridgehead atoms. The van der Waals surface area contributed by atoms with E-state index in [0.717, 1.165) is 47.4 Å². The lowest BCUT2D eigenvalue weighted by Gasteiger charge is -2.24. The van der Waals surface area contributed by atoms with Crippen LogP contribution < -0.4 is 10.6 Å². The summed E-state index contributed by atoms with van der Waals surface area (Å²) in [6, 6.07) is 7.58. The summed E-state index contributed by atoms with van der Waals surface area (Å²) in [5.41, 5.74) is 3.23. The van der Waals surface area contributed by atoms with E-state index in [1.807, 2.05) is 43.3 Å². The smallest absolute Gasteiger partial charge is 0.307 e. The molecule has 1 heterocycles. The quantitative estimate of drug-likeness (QED) is 0.585. The number of amides is 2. The monoisotopic (exact) mass is 438 g/mol. The molecule has 2 amide bonds. The fraction of sp³-hybridized carbons (Fsp3) is 0.375. The minimum absolute atomic E-state index is 0.234. The zero-order valence-corrected chi connectivity index (χ0v) is 18.3. The summed E-state index contributed by atoms with van der Waals surface area (Å²) in [7, 11) is 0. The second-order valence-electron chi connectivity index (χ2n) is 8.17. The molecular weight excluding hydrogens is 412 g/mol. The highest BCUT2D eigenvalue weighted by Crippen LogP contribution is 2.39. The number of allylic oxidation sites excluding steroid dienone is 2. The molecule has 162 valence electrons. The fourth-order valence-corrected chi connectivity index (χ4v) is 5.66. The third-order valence-corrected chi connectivity index (χ3v) is 7.32. The molecule has 3 N–H and O–H groups in total. The van der Waals surface area contributed by atoms with Crippen molar-refractivity contribution in [2.75, 3.05) is 10.6 Å². The average molecular weight is 439 g/mol. The van der Waals surface area contributed by atoms with E-state index >= 15 is 0 Å². The Balaban J connectivity index is 1.63. The Morgan fingerprint density at radius 2 is 1.71 bits per heavy atom. The maximum absolute atomic E-state index is 13.3. The lowest BCUT2D eigenvalue weighted by Crippen LogP contribution is -2.35. The molecule has 2 aliphatic carbocycles. The molecule has 2 atom stereocenters. The van der Waals surface area contributed by atoms with Crippen LogP contribution >= 0.6 is 11.3 Å². The zero-order valence-electron chi connectivity index (χ0n) is 17.4. The SMILES string of the molecule is Cc1ccccc1NC(=O)c1c(NC(=O)[C@@H]2CC=CC[C@H]2C(=O)O)sc2c1CCCC2. The van der Waals surface area contributed by atoms with Crippen molar-refractivity contribution in [3.8, 4) is 0 Å². The first-order valence-corrected chi connectivity index (χ1v) is 11.5. The minimum atomic E-state index is -0.965. The highest BCUT2D eigenvalue weighted by atomic mass is 32.1. The third-order valence-electron chi connectivity index (χ3n) is 6.11. The molecule has 0 saturated carbocycles. The van der Waals surface area contributed by atoms with Crippen LogP contribution in [0.15, 0.2) is 36.4 Å². The molecule has 1 aromatic heterocycles. The highest BCUT2D eigenvalue weighted by Gasteiger charge is 2.35.